The minimum Gasteiger partial charge on any atom is -0.483 e. The minimum atomic E-state index is -0.643. The van der Waals surface area contributed by atoms with Crippen LogP contribution in [-0.2, 0) is 4.79 Å². The first-order valence-corrected chi connectivity index (χ1v) is 4.96. The number of hydrogen-bond donors (Lipinski definition) is 1. The second-order valence-electron chi connectivity index (χ2n) is 4.05. The lowest BCUT2D eigenvalue weighted by Crippen LogP contribution is -2.60. The van der Waals surface area contributed by atoms with E-state index in [0.717, 1.165) is 0 Å². The monoisotopic (exact) mass is 223 g/mol. The summed E-state index contributed by atoms with van der Waals surface area (Å²) < 4.78 is 5.02. The highest BCUT2D eigenvalue weighted by molar-refractivity contribution is 5.51. The van der Waals surface area contributed by atoms with Gasteiger partial charge in [0.25, 0.3) is 0 Å². The van der Waals surface area contributed by atoms with Gasteiger partial charge in [-0.3, -0.25) is 4.79 Å². The quantitative estimate of drug-likeness (QED) is 0.702. The van der Waals surface area contributed by atoms with Crippen molar-refractivity contribution in [3.05, 3.63) is 12.4 Å². The minimum absolute atomic E-state index is 0.00112. The molecule has 1 aliphatic rings. The molecule has 0 radical (unpaired) electrons. The Labute approximate surface area is 92.9 Å². The van der Waals surface area contributed by atoms with Crippen LogP contribution in [0.5, 0.6) is 5.75 Å². The van der Waals surface area contributed by atoms with E-state index in [-0.39, 0.29) is 6.61 Å². The van der Waals surface area contributed by atoms with Gasteiger partial charge in [0.15, 0.2) is 12.0 Å². The number of hydrogen-bond acceptors (Lipinski definition) is 6. The molecule has 1 aliphatic heterocycles. The largest absolute Gasteiger partial charge is 0.483 e. The number of aromatic nitrogens is 2. The standard InChI is InChI=1S/C10H13N3O3/c1-10(15)6-13(7-10)9-11-4-8(5-12-9)16-3-2-14/h2,4-5,15H,3,6-7H2,1H3. The molecule has 1 saturated heterocycles. The molecule has 0 aliphatic carbocycles. The van der Waals surface area contributed by atoms with Gasteiger partial charge in [-0.25, -0.2) is 9.97 Å². The summed E-state index contributed by atoms with van der Waals surface area (Å²) in [6.45, 7) is 2.83. The summed E-state index contributed by atoms with van der Waals surface area (Å²) >= 11 is 0. The molecule has 0 atom stereocenters. The van der Waals surface area contributed by atoms with Crippen LogP contribution in [0.2, 0.25) is 0 Å². The molecular formula is C10H13N3O3. The third-order valence-electron chi connectivity index (χ3n) is 2.28. The summed E-state index contributed by atoms with van der Waals surface area (Å²) in [6, 6.07) is 0. The van der Waals surface area contributed by atoms with Gasteiger partial charge < -0.3 is 14.7 Å². The zero-order valence-electron chi connectivity index (χ0n) is 8.96. The van der Waals surface area contributed by atoms with Crippen LogP contribution < -0.4 is 9.64 Å². The summed E-state index contributed by atoms with van der Waals surface area (Å²) in [6.07, 6.45) is 3.69. The molecule has 6 heteroatoms. The second-order valence-corrected chi connectivity index (χ2v) is 4.05. The van der Waals surface area contributed by atoms with Gasteiger partial charge in [0.05, 0.1) is 31.1 Å². The predicted molar refractivity (Wildman–Crippen MR) is 56.4 cm³/mol. The van der Waals surface area contributed by atoms with Crippen molar-refractivity contribution < 1.29 is 14.6 Å². The number of aldehydes is 1. The Morgan fingerprint density at radius 3 is 2.69 bits per heavy atom. The number of anilines is 1. The number of carbonyl (C=O) groups is 1. The average molecular weight is 223 g/mol. The first-order valence-electron chi connectivity index (χ1n) is 4.96. The van der Waals surface area contributed by atoms with Gasteiger partial charge in [-0.05, 0) is 6.92 Å². The molecule has 0 spiro atoms. The first-order chi connectivity index (χ1) is 7.61. The van der Waals surface area contributed by atoms with Gasteiger partial charge in [-0.2, -0.15) is 0 Å². The van der Waals surface area contributed by atoms with E-state index in [1.807, 2.05) is 4.90 Å². The van der Waals surface area contributed by atoms with E-state index >= 15 is 0 Å². The Morgan fingerprint density at radius 1 is 1.56 bits per heavy atom. The van der Waals surface area contributed by atoms with Gasteiger partial charge >= 0.3 is 0 Å². The Kier molecular flexibility index (Phi) is 2.74. The molecule has 1 N–H and O–H groups in total. The smallest absolute Gasteiger partial charge is 0.225 e. The Morgan fingerprint density at radius 2 is 2.19 bits per heavy atom. The van der Waals surface area contributed by atoms with E-state index in [9.17, 15) is 9.90 Å². The highest BCUT2D eigenvalue weighted by atomic mass is 16.5. The van der Waals surface area contributed by atoms with Gasteiger partial charge in [0, 0.05) is 0 Å². The topological polar surface area (TPSA) is 75.6 Å². The SMILES string of the molecule is CC1(O)CN(c2ncc(OCC=O)cn2)C1. The molecule has 6 nitrogen and oxygen atoms in total. The van der Waals surface area contributed by atoms with Crippen LogP contribution in [0.15, 0.2) is 12.4 Å². The zero-order chi connectivity index (χ0) is 11.6. The molecule has 86 valence electrons. The van der Waals surface area contributed by atoms with E-state index < -0.39 is 5.60 Å². The summed E-state index contributed by atoms with van der Waals surface area (Å²) in [5.74, 6) is 1.02. The van der Waals surface area contributed by atoms with Crippen molar-refractivity contribution in [2.45, 2.75) is 12.5 Å². The van der Waals surface area contributed by atoms with Gasteiger partial charge in [-0.1, -0.05) is 0 Å². The Bertz CT molecular complexity index is 369. The molecule has 1 aromatic rings. The van der Waals surface area contributed by atoms with Crippen molar-refractivity contribution in [3.8, 4) is 5.75 Å². The molecule has 0 aromatic carbocycles. The van der Waals surface area contributed by atoms with Crippen molar-refractivity contribution in [3.63, 3.8) is 0 Å². The molecule has 0 amide bonds. The van der Waals surface area contributed by atoms with Gasteiger partial charge in [-0.15, -0.1) is 0 Å². The lowest BCUT2D eigenvalue weighted by atomic mass is 9.98. The zero-order valence-corrected chi connectivity index (χ0v) is 8.96. The van der Waals surface area contributed by atoms with E-state index in [2.05, 4.69) is 9.97 Å². The first kappa shape index (κ1) is 10.8. The van der Waals surface area contributed by atoms with Crippen molar-refractivity contribution in [1.82, 2.24) is 9.97 Å². The highest BCUT2D eigenvalue weighted by Crippen LogP contribution is 2.24. The van der Waals surface area contributed by atoms with Crippen LogP contribution in [0.4, 0.5) is 5.95 Å². The summed E-state index contributed by atoms with van der Waals surface area (Å²) in [4.78, 5) is 20.1. The van der Waals surface area contributed by atoms with Crippen molar-refractivity contribution in [2.75, 3.05) is 24.6 Å². The molecule has 1 aromatic heterocycles. The van der Waals surface area contributed by atoms with Crippen molar-refractivity contribution >= 4 is 12.2 Å². The molecular weight excluding hydrogens is 210 g/mol. The molecule has 2 heterocycles. The van der Waals surface area contributed by atoms with E-state index in [1.54, 1.807) is 6.92 Å². The highest BCUT2D eigenvalue weighted by Gasteiger charge is 2.37. The lowest BCUT2D eigenvalue weighted by Gasteiger charge is -2.44. The molecule has 0 bridgehead atoms. The van der Waals surface area contributed by atoms with Crippen LogP contribution in [0.1, 0.15) is 6.92 Å². The number of rotatable bonds is 4. The van der Waals surface area contributed by atoms with E-state index in [1.165, 1.54) is 12.4 Å². The van der Waals surface area contributed by atoms with Gasteiger partial charge in [0.2, 0.25) is 5.95 Å². The maximum Gasteiger partial charge on any atom is 0.225 e. The maximum atomic E-state index is 10.1. The van der Waals surface area contributed by atoms with Crippen LogP contribution >= 0.6 is 0 Å². The Balaban J connectivity index is 1.95. The normalized spacial score (nSPS) is 17.8. The van der Waals surface area contributed by atoms with Crippen LogP contribution in [0.25, 0.3) is 0 Å². The summed E-state index contributed by atoms with van der Waals surface area (Å²) in [5, 5.41) is 9.55. The van der Waals surface area contributed by atoms with E-state index in [0.29, 0.717) is 31.1 Å². The lowest BCUT2D eigenvalue weighted by molar-refractivity contribution is -0.109. The van der Waals surface area contributed by atoms with Crippen molar-refractivity contribution in [1.29, 1.82) is 0 Å². The third kappa shape index (κ3) is 2.27. The molecule has 1 fully saturated rings. The number of nitrogens with zero attached hydrogens (tertiary/aromatic N) is 3. The average Bonchev–Trinajstić information content (AvgIpc) is 2.24. The third-order valence-corrected chi connectivity index (χ3v) is 2.28. The molecule has 2 rings (SSSR count). The molecule has 0 unspecified atom stereocenters. The summed E-state index contributed by atoms with van der Waals surface area (Å²) in [5.41, 5.74) is -0.643. The van der Waals surface area contributed by atoms with Crippen molar-refractivity contribution in [2.24, 2.45) is 0 Å². The number of aliphatic hydroxyl groups is 1. The molecule has 16 heavy (non-hydrogen) atoms. The van der Waals surface area contributed by atoms with Crippen LogP contribution in [-0.4, -0.2) is 46.7 Å². The molecule has 0 saturated carbocycles. The van der Waals surface area contributed by atoms with Crippen LogP contribution in [0, 0.1) is 0 Å². The second kappa shape index (κ2) is 4.05. The fraction of sp³-hybridized carbons (Fsp3) is 0.500. The maximum absolute atomic E-state index is 10.1. The Hall–Kier alpha value is -1.69. The number of ether oxygens (including phenoxy) is 1. The van der Waals surface area contributed by atoms with Crippen LogP contribution in [0.3, 0.4) is 0 Å². The fourth-order valence-electron chi connectivity index (χ4n) is 1.59. The van der Waals surface area contributed by atoms with E-state index in [4.69, 9.17) is 4.74 Å². The number of β-amino-alcohol motifs (C(OH)–C–C–N with tert-alkyl or cyclic N) is 1. The number of carbonyl (C=O) groups excluding carboxylic acids is 1. The predicted octanol–water partition coefficient (Wildman–Crippen LogP) is -0.375. The van der Waals surface area contributed by atoms with Gasteiger partial charge in [0.1, 0.15) is 6.61 Å². The fourth-order valence-corrected chi connectivity index (χ4v) is 1.59. The summed E-state index contributed by atoms with van der Waals surface area (Å²) in [7, 11) is 0.